The Morgan fingerprint density at radius 2 is 2.00 bits per heavy atom. The molecule has 0 amide bonds. The topological polar surface area (TPSA) is 49.4 Å². The van der Waals surface area contributed by atoms with Gasteiger partial charge in [-0.25, -0.2) is 8.42 Å². The van der Waals surface area contributed by atoms with Gasteiger partial charge in [0.05, 0.1) is 5.75 Å². The normalized spacial score (nSPS) is 27.4. The van der Waals surface area contributed by atoms with Gasteiger partial charge in [0.1, 0.15) is 0 Å². The Kier molecular flexibility index (Phi) is 6.86. The Morgan fingerprint density at radius 3 is 2.56 bits per heavy atom. The molecule has 0 radical (unpaired) electrons. The molecule has 4 nitrogen and oxygen atoms in total. The molecule has 0 spiro atoms. The third-order valence-electron chi connectivity index (χ3n) is 3.29. The van der Waals surface area contributed by atoms with E-state index in [9.17, 15) is 8.42 Å². The van der Waals surface area contributed by atoms with E-state index in [1.807, 2.05) is 0 Å². The van der Waals surface area contributed by atoms with E-state index >= 15 is 0 Å². The quantitative estimate of drug-likeness (QED) is 0.810. The Morgan fingerprint density at radius 1 is 1.38 bits per heavy atom. The maximum absolute atomic E-state index is 11.4. The molecule has 2 unspecified atom stereocenters. The van der Waals surface area contributed by atoms with Crippen LogP contribution in [0.1, 0.15) is 20.8 Å². The second-order valence-electron chi connectivity index (χ2n) is 4.26. The van der Waals surface area contributed by atoms with Gasteiger partial charge in [-0.05, 0) is 13.8 Å². The number of sulfone groups is 1. The van der Waals surface area contributed by atoms with Crippen molar-refractivity contribution < 1.29 is 8.42 Å². The van der Waals surface area contributed by atoms with Gasteiger partial charge in [-0.15, -0.1) is 12.4 Å². The van der Waals surface area contributed by atoms with Crippen molar-refractivity contribution in [2.24, 2.45) is 0 Å². The minimum absolute atomic E-state index is 0. The maximum atomic E-state index is 11.4. The van der Waals surface area contributed by atoms with Gasteiger partial charge >= 0.3 is 0 Å². The number of piperazine rings is 1. The average molecular weight is 271 g/mol. The van der Waals surface area contributed by atoms with Crippen LogP contribution in [0.25, 0.3) is 0 Å². The molecule has 1 fully saturated rings. The summed E-state index contributed by atoms with van der Waals surface area (Å²) in [5.41, 5.74) is 0. The van der Waals surface area contributed by atoms with Crippen LogP contribution >= 0.6 is 12.4 Å². The first kappa shape index (κ1) is 16.2. The first-order valence-electron chi connectivity index (χ1n) is 5.64. The van der Waals surface area contributed by atoms with Crippen LogP contribution in [0.2, 0.25) is 0 Å². The lowest BCUT2D eigenvalue weighted by Crippen LogP contribution is -2.56. The highest BCUT2D eigenvalue weighted by atomic mass is 35.5. The van der Waals surface area contributed by atoms with Crippen LogP contribution in [0, 0.1) is 0 Å². The van der Waals surface area contributed by atoms with Crippen molar-refractivity contribution >= 4 is 22.2 Å². The van der Waals surface area contributed by atoms with E-state index in [4.69, 9.17) is 0 Å². The second-order valence-corrected chi connectivity index (χ2v) is 6.73. The number of hydrogen-bond acceptors (Lipinski definition) is 4. The first-order chi connectivity index (χ1) is 6.96. The van der Waals surface area contributed by atoms with Crippen LogP contribution < -0.4 is 5.32 Å². The highest BCUT2D eigenvalue weighted by Crippen LogP contribution is 2.08. The Labute approximate surface area is 105 Å². The third-order valence-corrected chi connectivity index (χ3v) is 4.98. The molecule has 0 aromatic carbocycles. The van der Waals surface area contributed by atoms with E-state index in [-0.39, 0.29) is 18.2 Å². The Hall–Kier alpha value is 0.160. The molecule has 0 aliphatic carbocycles. The van der Waals surface area contributed by atoms with E-state index < -0.39 is 9.84 Å². The molecule has 0 saturated carbocycles. The van der Waals surface area contributed by atoms with Crippen LogP contribution in [-0.4, -0.2) is 56.5 Å². The lowest BCUT2D eigenvalue weighted by Gasteiger charge is -2.38. The van der Waals surface area contributed by atoms with Gasteiger partial charge < -0.3 is 5.32 Å². The van der Waals surface area contributed by atoms with Crippen molar-refractivity contribution in [3.8, 4) is 0 Å². The van der Waals surface area contributed by atoms with Crippen LogP contribution in [-0.2, 0) is 9.84 Å². The zero-order valence-electron chi connectivity index (χ0n) is 10.3. The largest absolute Gasteiger partial charge is 0.311 e. The van der Waals surface area contributed by atoms with Crippen molar-refractivity contribution in [3.05, 3.63) is 0 Å². The van der Waals surface area contributed by atoms with Crippen molar-refractivity contribution in [1.82, 2.24) is 10.2 Å². The molecule has 1 aliphatic rings. The van der Waals surface area contributed by atoms with Gasteiger partial charge in [-0.3, -0.25) is 4.90 Å². The summed E-state index contributed by atoms with van der Waals surface area (Å²) in [6.07, 6.45) is 0. The van der Waals surface area contributed by atoms with Crippen LogP contribution in [0.15, 0.2) is 0 Å². The minimum atomic E-state index is -2.82. The highest BCUT2D eigenvalue weighted by Gasteiger charge is 2.24. The van der Waals surface area contributed by atoms with E-state index in [2.05, 4.69) is 24.1 Å². The lowest BCUT2D eigenvalue weighted by atomic mass is 10.1. The van der Waals surface area contributed by atoms with Crippen molar-refractivity contribution in [3.63, 3.8) is 0 Å². The molecule has 2 atom stereocenters. The molecule has 0 bridgehead atoms. The Bertz CT molecular complexity index is 295. The number of nitrogens with zero attached hydrogens (tertiary/aromatic N) is 1. The molecule has 98 valence electrons. The summed E-state index contributed by atoms with van der Waals surface area (Å²) in [7, 11) is -2.82. The monoisotopic (exact) mass is 270 g/mol. The van der Waals surface area contributed by atoms with Gasteiger partial charge in [0, 0.05) is 37.5 Å². The van der Waals surface area contributed by atoms with Crippen LogP contribution in [0.4, 0.5) is 0 Å². The standard InChI is InChI=1S/C10H22N2O2S.ClH/c1-4-15(13,14)8-7-12-6-5-11-9(2)10(12)3;/h9-11H,4-8H2,1-3H3;1H. The molecule has 16 heavy (non-hydrogen) atoms. The van der Waals surface area contributed by atoms with Gasteiger partial charge in [0.2, 0.25) is 0 Å². The summed E-state index contributed by atoms with van der Waals surface area (Å²) >= 11 is 0. The zero-order valence-corrected chi connectivity index (χ0v) is 11.9. The fraction of sp³-hybridized carbons (Fsp3) is 1.00. The number of nitrogens with one attached hydrogen (secondary N) is 1. The lowest BCUT2D eigenvalue weighted by molar-refractivity contribution is 0.146. The van der Waals surface area contributed by atoms with Gasteiger partial charge in [-0.2, -0.15) is 0 Å². The molecule has 0 aromatic heterocycles. The van der Waals surface area contributed by atoms with E-state index in [1.54, 1.807) is 6.92 Å². The van der Waals surface area contributed by atoms with Gasteiger partial charge in [0.15, 0.2) is 9.84 Å². The van der Waals surface area contributed by atoms with Crippen LogP contribution in [0.3, 0.4) is 0 Å². The highest BCUT2D eigenvalue weighted by molar-refractivity contribution is 7.91. The van der Waals surface area contributed by atoms with Gasteiger partial charge in [0.25, 0.3) is 0 Å². The molecular weight excluding hydrogens is 248 g/mol. The fourth-order valence-corrected chi connectivity index (χ4v) is 2.64. The fourth-order valence-electron chi connectivity index (χ4n) is 1.84. The smallest absolute Gasteiger partial charge is 0.151 e. The minimum Gasteiger partial charge on any atom is -0.311 e. The summed E-state index contributed by atoms with van der Waals surface area (Å²) in [6.45, 7) is 8.57. The summed E-state index contributed by atoms with van der Waals surface area (Å²) in [6, 6.07) is 0.869. The zero-order chi connectivity index (χ0) is 11.5. The molecule has 1 heterocycles. The van der Waals surface area contributed by atoms with Crippen molar-refractivity contribution in [2.75, 3.05) is 31.1 Å². The number of halogens is 1. The second kappa shape index (κ2) is 6.79. The average Bonchev–Trinajstić information content (AvgIpc) is 2.20. The van der Waals surface area contributed by atoms with E-state index in [1.165, 1.54) is 0 Å². The molecule has 0 aromatic rings. The Balaban J connectivity index is 0.00000225. The number of hydrogen-bond donors (Lipinski definition) is 1. The summed E-state index contributed by atoms with van der Waals surface area (Å²) in [4.78, 5) is 2.26. The summed E-state index contributed by atoms with van der Waals surface area (Å²) < 4.78 is 22.8. The predicted octanol–water partition coefficient (Wildman–Crippen LogP) is 0.525. The first-order valence-corrected chi connectivity index (χ1v) is 7.46. The van der Waals surface area contributed by atoms with E-state index in [0.29, 0.717) is 24.4 Å². The summed E-state index contributed by atoms with van der Waals surface area (Å²) in [5, 5.41) is 3.38. The SMILES string of the molecule is CCS(=O)(=O)CCN1CCNC(C)C1C.Cl. The molecular formula is C10H23ClN2O2S. The predicted molar refractivity (Wildman–Crippen MR) is 70.1 cm³/mol. The van der Waals surface area contributed by atoms with Crippen molar-refractivity contribution in [1.29, 1.82) is 0 Å². The summed E-state index contributed by atoms with van der Waals surface area (Å²) in [5.74, 6) is 0.545. The number of rotatable bonds is 4. The third kappa shape index (κ3) is 4.57. The van der Waals surface area contributed by atoms with Crippen LogP contribution in [0.5, 0.6) is 0 Å². The molecule has 1 aliphatic heterocycles. The van der Waals surface area contributed by atoms with Crippen molar-refractivity contribution in [2.45, 2.75) is 32.9 Å². The molecule has 1 N–H and O–H groups in total. The molecule has 1 saturated heterocycles. The maximum Gasteiger partial charge on any atom is 0.151 e. The van der Waals surface area contributed by atoms with Gasteiger partial charge in [-0.1, -0.05) is 6.92 Å². The molecule has 6 heteroatoms. The molecule has 1 rings (SSSR count). The van der Waals surface area contributed by atoms with E-state index in [0.717, 1.165) is 13.1 Å².